The summed E-state index contributed by atoms with van der Waals surface area (Å²) >= 11 is 6.22. The number of halogens is 2. The van der Waals surface area contributed by atoms with Crippen molar-refractivity contribution >= 4 is 51.8 Å². The molecule has 3 heterocycles. The van der Waals surface area contributed by atoms with Gasteiger partial charge in [-0.2, -0.15) is 0 Å². The highest BCUT2D eigenvalue weighted by Gasteiger charge is 2.38. The van der Waals surface area contributed by atoms with Crippen LogP contribution in [0.5, 0.6) is 0 Å². The number of nitro groups is 2. The monoisotopic (exact) mass is 654 g/mol. The van der Waals surface area contributed by atoms with Crippen LogP contribution in [0.1, 0.15) is 40.0 Å². The van der Waals surface area contributed by atoms with Crippen molar-refractivity contribution < 1.29 is 23.7 Å². The maximum absolute atomic E-state index is 11.0. The lowest BCUT2D eigenvalue weighted by atomic mass is 10.2. The van der Waals surface area contributed by atoms with Crippen molar-refractivity contribution in [2.45, 2.75) is 77.1 Å². The van der Waals surface area contributed by atoms with Crippen LogP contribution in [0.15, 0.2) is 21.9 Å². The molecule has 202 valence electrons. The fraction of sp³-hybridized carbons (Fsp3) is 0.700. The van der Waals surface area contributed by atoms with Crippen LogP contribution in [-0.4, -0.2) is 63.3 Å². The van der Waals surface area contributed by atoms with E-state index < -0.39 is 18.2 Å². The fourth-order valence-electron chi connectivity index (χ4n) is 2.88. The van der Waals surface area contributed by atoms with Gasteiger partial charge in [0.2, 0.25) is 0 Å². The molecule has 0 aliphatic carbocycles. The summed E-state index contributed by atoms with van der Waals surface area (Å²) in [5.74, 6) is -0.304. The summed E-state index contributed by atoms with van der Waals surface area (Å²) in [4.78, 5) is 29.7. The van der Waals surface area contributed by atoms with Gasteiger partial charge in [-0.15, -0.1) is 0 Å². The first-order chi connectivity index (χ1) is 16.7. The number of nitrogens with zero attached hydrogens (tertiary/aromatic N) is 5. The molecule has 0 bridgehead atoms. The molecular formula is C20H32Br2N6O7Si. The average molecular weight is 656 g/mol. The molecule has 2 aromatic rings. The van der Waals surface area contributed by atoms with E-state index in [1.165, 1.54) is 6.20 Å². The topological polar surface area (TPSA) is 160 Å². The summed E-state index contributed by atoms with van der Waals surface area (Å²) in [6.45, 7) is 12.5. The molecule has 1 fully saturated rings. The average Bonchev–Trinajstić information content (AvgIpc) is 3.38. The Bertz CT molecular complexity index is 1020. The van der Waals surface area contributed by atoms with Crippen LogP contribution in [0.25, 0.3) is 0 Å². The molecule has 0 aromatic carbocycles. The third kappa shape index (κ3) is 9.30. The third-order valence-corrected chi connectivity index (χ3v) is 11.5. The molecule has 36 heavy (non-hydrogen) atoms. The predicted octanol–water partition coefficient (Wildman–Crippen LogP) is 5.57. The third-order valence-electron chi connectivity index (χ3n) is 5.95. The van der Waals surface area contributed by atoms with Gasteiger partial charge in [0.25, 0.3) is 9.47 Å². The predicted molar refractivity (Wildman–Crippen MR) is 141 cm³/mol. The SMILES string of the molecule is CC(C)(C)[Si](C)(C)OCC(Cn1cc([N+](=O)[O-])nc1Br)OC1CCCCO1.O=[N+]([O-])c1cnc(Br)[nH]1. The number of imidazole rings is 2. The second-order valence-corrected chi connectivity index (χ2v) is 16.0. The highest BCUT2D eigenvalue weighted by molar-refractivity contribution is 9.10. The number of nitrogens with one attached hydrogen (secondary N) is 1. The van der Waals surface area contributed by atoms with Crippen LogP contribution >= 0.6 is 31.9 Å². The summed E-state index contributed by atoms with van der Waals surface area (Å²) in [6.07, 6.45) is 4.97. The lowest BCUT2D eigenvalue weighted by Crippen LogP contribution is -2.44. The molecule has 2 atom stereocenters. The molecule has 0 radical (unpaired) electrons. The number of aromatic nitrogens is 4. The summed E-state index contributed by atoms with van der Waals surface area (Å²) < 4.78 is 20.7. The van der Waals surface area contributed by atoms with Crippen LogP contribution in [0.3, 0.4) is 0 Å². The largest absolute Gasteiger partial charge is 0.414 e. The first-order valence-corrected chi connectivity index (χ1v) is 15.8. The van der Waals surface area contributed by atoms with Crippen LogP contribution in [-0.2, 0) is 20.4 Å². The Hall–Kier alpha value is -1.72. The van der Waals surface area contributed by atoms with Crippen molar-refractivity contribution in [3.05, 3.63) is 42.1 Å². The zero-order valence-corrected chi connectivity index (χ0v) is 25.1. The first-order valence-electron chi connectivity index (χ1n) is 11.3. The van der Waals surface area contributed by atoms with Gasteiger partial charge < -0.3 is 34.1 Å². The number of H-pyrrole nitrogens is 1. The van der Waals surface area contributed by atoms with Gasteiger partial charge in [-0.05, 0) is 52.2 Å². The van der Waals surface area contributed by atoms with Gasteiger partial charge in [-0.25, -0.2) is 9.97 Å². The van der Waals surface area contributed by atoms with E-state index in [0.717, 1.165) is 25.5 Å². The second kappa shape index (κ2) is 13.2. The lowest BCUT2D eigenvalue weighted by molar-refractivity contribution is -0.389. The zero-order valence-electron chi connectivity index (χ0n) is 20.9. The maximum atomic E-state index is 11.0. The molecule has 13 nitrogen and oxygen atoms in total. The zero-order chi connectivity index (χ0) is 27.1. The standard InChI is InChI=1S/C17H30BrN3O5Si.C3H2BrN3O2/c1-17(2,3)27(4,5)25-12-13(26-15-8-6-7-9-24-15)10-20-11-14(21(22)23)19-16(20)18;4-3-5-1-2(6-3)7(8)9/h11,13,15H,6-10,12H2,1-5H3;1H,(H,5,6). The Kier molecular flexibility index (Phi) is 11.2. The molecule has 16 heteroatoms. The molecule has 3 rings (SSSR count). The van der Waals surface area contributed by atoms with E-state index in [-0.39, 0.29) is 29.1 Å². The second-order valence-electron chi connectivity index (χ2n) is 9.72. The number of hydrogen-bond acceptors (Lipinski definition) is 9. The molecule has 2 aromatic heterocycles. The van der Waals surface area contributed by atoms with Crippen molar-refractivity contribution in [2.75, 3.05) is 13.2 Å². The van der Waals surface area contributed by atoms with E-state index in [0.29, 0.717) is 29.2 Å². The minimum atomic E-state index is -1.94. The Morgan fingerprint density at radius 1 is 1.28 bits per heavy atom. The van der Waals surface area contributed by atoms with E-state index in [4.69, 9.17) is 13.9 Å². The van der Waals surface area contributed by atoms with E-state index in [2.05, 4.69) is 80.7 Å². The van der Waals surface area contributed by atoms with Crippen LogP contribution < -0.4 is 0 Å². The van der Waals surface area contributed by atoms with E-state index in [1.807, 2.05) is 0 Å². The number of hydrogen-bond donors (Lipinski definition) is 1. The van der Waals surface area contributed by atoms with Gasteiger partial charge in [-0.3, -0.25) is 4.57 Å². The maximum Gasteiger partial charge on any atom is 0.382 e. The Morgan fingerprint density at radius 2 is 1.97 bits per heavy atom. The Morgan fingerprint density at radius 3 is 2.42 bits per heavy atom. The van der Waals surface area contributed by atoms with Gasteiger partial charge in [0.05, 0.1) is 13.2 Å². The fourth-order valence-corrected chi connectivity index (χ4v) is 4.65. The molecule has 1 aliphatic rings. The van der Waals surface area contributed by atoms with Gasteiger partial charge in [-0.1, -0.05) is 20.8 Å². The van der Waals surface area contributed by atoms with Crippen molar-refractivity contribution in [1.82, 2.24) is 19.5 Å². The molecule has 0 spiro atoms. The van der Waals surface area contributed by atoms with Gasteiger partial charge in [0.15, 0.2) is 14.6 Å². The molecule has 1 saturated heterocycles. The minimum absolute atomic E-state index is 0.0905. The summed E-state index contributed by atoms with van der Waals surface area (Å²) in [6, 6.07) is 0. The quantitative estimate of drug-likeness (QED) is 0.207. The highest BCUT2D eigenvalue weighted by atomic mass is 79.9. The number of ether oxygens (including phenoxy) is 2. The first kappa shape index (κ1) is 30.5. The summed E-state index contributed by atoms with van der Waals surface area (Å²) in [5, 5.41) is 21.0. The van der Waals surface area contributed by atoms with Gasteiger partial charge >= 0.3 is 11.6 Å². The normalized spacial score (nSPS) is 17.2. The van der Waals surface area contributed by atoms with Crippen molar-refractivity contribution in [2.24, 2.45) is 0 Å². The highest BCUT2D eigenvalue weighted by Crippen LogP contribution is 2.36. The van der Waals surface area contributed by atoms with Crippen LogP contribution in [0.4, 0.5) is 11.6 Å². The van der Waals surface area contributed by atoms with Gasteiger partial charge in [0.1, 0.15) is 18.5 Å². The van der Waals surface area contributed by atoms with Crippen molar-refractivity contribution in [1.29, 1.82) is 0 Å². The Labute approximate surface area is 227 Å². The Balaban J connectivity index is 0.000000425. The van der Waals surface area contributed by atoms with Crippen LogP contribution in [0, 0.1) is 20.2 Å². The minimum Gasteiger partial charge on any atom is -0.414 e. The van der Waals surface area contributed by atoms with Crippen LogP contribution in [0.2, 0.25) is 18.1 Å². The van der Waals surface area contributed by atoms with E-state index >= 15 is 0 Å². The molecule has 1 aliphatic heterocycles. The van der Waals surface area contributed by atoms with Crippen molar-refractivity contribution in [3.63, 3.8) is 0 Å². The molecule has 1 N–H and O–H groups in total. The number of aromatic amines is 1. The smallest absolute Gasteiger partial charge is 0.382 e. The van der Waals surface area contributed by atoms with E-state index in [1.54, 1.807) is 4.57 Å². The molecular weight excluding hydrogens is 624 g/mol. The molecule has 0 amide bonds. The summed E-state index contributed by atoms with van der Waals surface area (Å²) in [5.41, 5.74) is 0. The summed E-state index contributed by atoms with van der Waals surface area (Å²) in [7, 11) is -1.94. The number of rotatable bonds is 9. The van der Waals surface area contributed by atoms with Gasteiger partial charge in [0, 0.05) is 38.5 Å². The lowest BCUT2D eigenvalue weighted by Gasteiger charge is -2.38. The molecule has 2 unspecified atom stereocenters. The van der Waals surface area contributed by atoms with E-state index in [9.17, 15) is 20.2 Å². The molecule has 0 saturated carbocycles. The van der Waals surface area contributed by atoms with Crippen molar-refractivity contribution in [3.8, 4) is 0 Å².